The SMILES string of the molecule is Cc1cc(=O)[nH]c([C@H]2CN(C(=O)COc3ccc(F)cc3)CCO2)n1. The Bertz CT molecular complexity index is 806. The highest BCUT2D eigenvalue weighted by molar-refractivity contribution is 5.77. The predicted molar refractivity (Wildman–Crippen MR) is 86.8 cm³/mol. The third-order valence-corrected chi connectivity index (χ3v) is 3.79. The van der Waals surface area contributed by atoms with Crippen molar-refractivity contribution < 1.29 is 18.7 Å². The molecule has 3 rings (SSSR count). The van der Waals surface area contributed by atoms with E-state index in [1.807, 2.05) is 0 Å². The average Bonchev–Trinajstić information content (AvgIpc) is 2.60. The molecule has 0 bridgehead atoms. The Balaban J connectivity index is 1.61. The van der Waals surface area contributed by atoms with Gasteiger partial charge in [0.05, 0.1) is 13.2 Å². The zero-order chi connectivity index (χ0) is 17.8. The molecule has 7 nitrogen and oxygen atoms in total. The maximum Gasteiger partial charge on any atom is 0.260 e. The van der Waals surface area contributed by atoms with Crippen molar-refractivity contribution in [2.45, 2.75) is 13.0 Å². The molecule has 1 aliphatic heterocycles. The van der Waals surface area contributed by atoms with E-state index < -0.39 is 6.10 Å². The van der Waals surface area contributed by atoms with Gasteiger partial charge in [-0.05, 0) is 31.2 Å². The van der Waals surface area contributed by atoms with E-state index in [-0.39, 0.29) is 30.4 Å². The Kier molecular flexibility index (Phi) is 5.08. The minimum Gasteiger partial charge on any atom is -0.484 e. The van der Waals surface area contributed by atoms with Gasteiger partial charge in [0.2, 0.25) is 0 Å². The topological polar surface area (TPSA) is 84.5 Å². The maximum atomic E-state index is 12.9. The van der Waals surface area contributed by atoms with Crippen LogP contribution in [-0.4, -0.2) is 47.1 Å². The molecule has 1 aliphatic rings. The molecule has 0 spiro atoms. The molecule has 132 valence electrons. The summed E-state index contributed by atoms with van der Waals surface area (Å²) in [6, 6.07) is 6.86. The quantitative estimate of drug-likeness (QED) is 0.898. The summed E-state index contributed by atoms with van der Waals surface area (Å²) in [6.45, 7) is 2.61. The van der Waals surface area contributed by atoms with Crippen molar-refractivity contribution in [2.24, 2.45) is 0 Å². The second kappa shape index (κ2) is 7.43. The van der Waals surface area contributed by atoms with Crippen molar-refractivity contribution in [3.63, 3.8) is 0 Å². The Morgan fingerprint density at radius 2 is 2.20 bits per heavy atom. The van der Waals surface area contributed by atoms with Crippen LogP contribution in [0.5, 0.6) is 5.75 Å². The number of halogens is 1. The Labute approximate surface area is 143 Å². The summed E-state index contributed by atoms with van der Waals surface area (Å²) in [5, 5.41) is 0. The van der Waals surface area contributed by atoms with Gasteiger partial charge in [-0.1, -0.05) is 0 Å². The fourth-order valence-electron chi connectivity index (χ4n) is 2.56. The van der Waals surface area contributed by atoms with Crippen LogP contribution < -0.4 is 10.3 Å². The fourth-order valence-corrected chi connectivity index (χ4v) is 2.56. The van der Waals surface area contributed by atoms with Crippen molar-refractivity contribution in [3.8, 4) is 5.75 Å². The number of aromatic amines is 1. The van der Waals surface area contributed by atoms with E-state index in [0.29, 0.717) is 30.4 Å². The van der Waals surface area contributed by atoms with E-state index in [2.05, 4.69) is 9.97 Å². The number of carbonyl (C=O) groups is 1. The molecule has 1 aromatic heterocycles. The van der Waals surface area contributed by atoms with Gasteiger partial charge >= 0.3 is 0 Å². The third kappa shape index (κ3) is 4.42. The first-order valence-corrected chi connectivity index (χ1v) is 7.87. The van der Waals surface area contributed by atoms with E-state index in [1.54, 1.807) is 11.8 Å². The van der Waals surface area contributed by atoms with Crippen LogP contribution in [0.2, 0.25) is 0 Å². The zero-order valence-corrected chi connectivity index (χ0v) is 13.7. The largest absolute Gasteiger partial charge is 0.484 e. The summed E-state index contributed by atoms with van der Waals surface area (Å²) in [4.78, 5) is 32.4. The first kappa shape index (κ1) is 17.1. The van der Waals surface area contributed by atoms with Crippen molar-refractivity contribution in [2.75, 3.05) is 26.3 Å². The number of hydrogen-bond acceptors (Lipinski definition) is 5. The van der Waals surface area contributed by atoms with Crippen LogP contribution >= 0.6 is 0 Å². The summed E-state index contributed by atoms with van der Waals surface area (Å²) in [5.74, 6) is 0.244. The highest BCUT2D eigenvalue weighted by Crippen LogP contribution is 2.19. The molecule has 25 heavy (non-hydrogen) atoms. The smallest absolute Gasteiger partial charge is 0.260 e. The van der Waals surface area contributed by atoms with E-state index >= 15 is 0 Å². The number of nitrogens with one attached hydrogen (secondary N) is 1. The van der Waals surface area contributed by atoms with Crippen LogP contribution in [0.4, 0.5) is 4.39 Å². The number of rotatable bonds is 4. The fraction of sp³-hybridized carbons (Fsp3) is 0.353. The number of nitrogens with zero attached hydrogens (tertiary/aromatic N) is 2. The molecule has 1 N–H and O–H groups in total. The lowest BCUT2D eigenvalue weighted by Crippen LogP contribution is -2.44. The van der Waals surface area contributed by atoms with Gasteiger partial charge in [0.25, 0.3) is 11.5 Å². The molecule has 2 heterocycles. The van der Waals surface area contributed by atoms with Gasteiger partial charge in [-0.2, -0.15) is 0 Å². The highest BCUT2D eigenvalue weighted by Gasteiger charge is 2.27. The van der Waals surface area contributed by atoms with Crippen molar-refractivity contribution >= 4 is 5.91 Å². The second-order valence-electron chi connectivity index (χ2n) is 5.71. The summed E-state index contributed by atoms with van der Waals surface area (Å²) in [7, 11) is 0. The lowest BCUT2D eigenvalue weighted by Gasteiger charge is -2.32. The van der Waals surface area contributed by atoms with Crippen LogP contribution in [0, 0.1) is 12.7 Å². The van der Waals surface area contributed by atoms with Crippen molar-refractivity contribution in [3.05, 3.63) is 58.0 Å². The van der Waals surface area contributed by atoms with Gasteiger partial charge in [-0.15, -0.1) is 0 Å². The van der Waals surface area contributed by atoms with E-state index in [4.69, 9.17) is 9.47 Å². The standard InChI is InChI=1S/C17H18FN3O4/c1-11-8-15(22)20-17(19-11)14-9-21(6-7-24-14)16(23)10-25-13-4-2-12(18)3-5-13/h2-5,8,14H,6-7,9-10H2,1H3,(H,19,20,22)/t14-/m1/s1. The van der Waals surface area contributed by atoms with Gasteiger partial charge in [0.15, 0.2) is 6.61 Å². The number of morpholine rings is 1. The second-order valence-corrected chi connectivity index (χ2v) is 5.71. The summed E-state index contributed by atoms with van der Waals surface area (Å²) in [5.41, 5.74) is 0.333. The molecule has 1 atom stereocenters. The molecule has 0 aliphatic carbocycles. The Hall–Kier alpha value is -2.74. The lowest BCUT2D eigenvalue weighted by molar-refractivity contribution is -0.141. The number of hydrogen-bond donors (Lipinski definition) is 1. The molecule has 0 radical (unpaired) electrons. The van der Waals surface area contributed by atoms with Crippen molar-refractivity contribution in [1.29, 1.82) is 0 Å². The third-order valence-electron chi connectivity index (χ3n) is 3.79. The first-order chi connectivity index (χ1) is 12.0. The van der Waals surface area contributed by atoms with Gasteiger partial charge in [-0.25, -0.2) is 9.37 Å². The summed E-state index contributed by atoms with van der Waals surface area (Å²) in [6.07, 6.45) is -0.490. The molecular formula is C17H18FN3O4. The number of H-pyrrole nitrogens is 1. The number of carbonyl (C=O) groups excluding carboxylic acids is 1. The number of aromatic nitrogens is 2. The van der Waals surface area contributed by atoms with Crippen LogP contribution in [-0.2, 0) is 9.53 Å². The Morgan fingerprint density at radius 1 is 1.44 bits per heavy atom. The monoisotopic (exact) mass is 347 g/mol. The number of aryl methyl sites for hydroxylation is 1. The molecule has 1 fully saturated rings. The molecule has 1 aromatic carbocycles. The number of benzene rings is 1. The molecule has 0 saturated carbocycles. The summed E-state index contributed by atoms with van der Waals surface area (Å²) >= 11 is 0. The number of ether oxygens (including phenoxy) is 2. The lowest BCUT2D eigenvalue weighted by atomic mass is 10.2. The molecule has 0 unspecified atom stereocenters. The molecule has 1 saturated heterocycles. The van der Waals surface area contributed by atoms with Gasteiger partial charge in [-0.3, -0.25) is 9.59 Å². The van der Waals surface area contributed by atoms with Gasteiger partial charge in [0.1, 0.15) is 23.5 Å². The van der Waals surface area contributed by atoms with Crippen LogP contribution in [0.15, 0.2) is 35.1 Å². The van der Waals surface area contributed by atoms with E-state index in [9.17, 15) is 14.0 Å². The molecule has 8 heteroatoms. The van der Waals surface area contributed by atoms with Crippen LogP contribution in [0.3, 0.4) is 0 Å². The molecule has 2 aromatic rings. The van der Waals surface area contributed by atoms with E-state index in [0.717, 1.165) is 0 Å². The highest BCUT2D eigenvalue weighted by atomic mass is 19.1. The maximum absolute atomic E-state index is 12.9. The Morgan fingerprint density at radius 3 is 2.92 bits per heavy atom. The van der Waals surface area contributed by atoms with Crippen molar-refractivity contribution in [1.82, 2.24) is 14.9 Å². The van der Waals surface area contributed by atoms with E-state index in [1.165, 1.54) is 30.3 Å². The first-order valence-electron chi connectivity index (χ1n) is 7.87. The normalized spacial score (nSPS) is 17.4. The van der Waals surface area contributed by atoms with Crippen LogP contribution in [0.1, 0.15) is 17.6 Å². The van der Waals surface area contributed by atoms with Gasteiger partial charge < -0.3 is 19.4 Å². The van der Waals surface area contributed by atoms with Crippen LogP contribution in [0.25, 0.3) is 0 Å². The van der Waals surface area contributed by atoms with Gasteiger partial charge in [0, 0.05) is 18.3 Å². The summed E-state index contributed by atoms with van der Waals surface area (Å²) < 4.78 is 23.9. The molecule has 1 amide bonds. The molecular weight excluding hydrogens is 329 g/mol. The number of amides is 1. The predicted octanol–water partition coefficient (Wildman–Crippen LogP) is 1.20. The minimum atomic E-state index is -0.490. The zero-order valence-electron chi connectivity index (χ0n) is 13.7. The average molecular weight is 347 g/mol. The minimum absolute atomic E-state index is 0.157.